The summed E-state index contributed by atoms with van der Waals surface area (Å²) in [5.41, 5.74) is 11.0. The molecule has 4 N–H and O–H groups in total. The number of nitrogens with zero attached hydrogens (tertiary/aromatic N) is 2. The lowest BCUT2D eigenvalue weighted by atomic mass is 9.88. The zero-order valence-electron chi connectivity index (χ0n) is 20.6. The maximum atomic E-state index is 13.0. The normalized spacial score (nSPS) is 18.6. The van der Waals surface area contributed by atoms with Crippen LogP contribution in [0.15, 0.2) is 48.5 Å². The lowest BCUT2D eigenvalue weighted by Gasteiger charge is -2.35. The molecule has 11 heteroatoms. The van der Waals surface area contributed by atoms with Gasteiger partial charge in [-0.3, -0.25) is 15.6 Å². The number of carbonyl (C=O) groups excluding carboxylic acids is 1. The van der Waals surface area contributed by atoms with E-state index in [1.165, 1.54) is 5.56 Å². The molecular formula is C27H28F2N6O3. The summed E-state index contributed by atoms with van der Waals surface area (Å²) in [4.78, 5) is 21.6. The van der Waals surface area contributed by atoms with Crippen LogP contribution in [0.1, 0.15) is 35.6 Å². The fraction of sp³-hybridized carbons (Fsp3) is 0.370. The molecule has 1 aliphatic carbocycles. The fourth-order valence-electron chi connectivity index (χ4n) is 4.86. The van der Waals surface area contributed by atoms with Crippen LogP contribution in [-0.2, 0) is 22.7 Å². The van der Waals surface area contributed by atoms with Crippen LogP contribution in [0.3, 0.4) is 0 Å². The maximum absolute atomic E-state index is 13.0. The van der Waals surface area contributed by atoms with Crippen LogP contribution < -0.4 is 26.2 Å². The third-order valence-corrected chi connectivity index (χ3v) is 6.96. The third kappa shape index (κ3) is 5.45. The molecule has 3 aliphatic rings. The van der Waals surface area contributed by atoms with Gasteiger partial charge in [0.15, 0.2) is 12.4 Å². The standard InChI is InChI=1S/C27H28F2N6O3/c28-27(29)9-20(10-27)32-24(36)15-38-21-3-1-2-17(8-21)25-34-23-14-37-13-22(23)26(35-25)33-19-6-4-16(5-7-19)18-11-30-31-12-18/h1-8,18,20,30-31H,9-15H2,(H,32,36)(H,33,34,35). The fourth-order valence-corrected chi connectivity index (χ4v) is 4.86. The molecule has 6 rings (SSSR count). The first kappa shape index (κ1) is 24.7. The molecule has 0 bridgehead atoms. The molecule has 3 aromatic rings. The van der Waals surface area contributed by atoms with Gasteiger partial charge in [0.2, 0.25) is 0 Å². The van der Waals surface area contributed by atoms with Crippen LogP contribution in [0.2, 0.25) is 0 Å². The minimum atomic E-state index is -2.68. The van der Waals surface area contributed by atoms with Crippen molar-refractivity contribution >= 4 is 17.4 Å². The van der Waals surface area contributed by atoms with Crippen LogP contribution in [0.5, 0.6) is 5.75 Å². The van der Waals surface area contributed by atoms with Gasteiger partial charge >= 0.3 is 0 Å². The van der Waals surface area contributed by atoms with Crippen molar-refractivity contribution in [3.8, 4) is 17.1 Å². The number of anilines is 2. The Morgan fingerprint density at radius 3 is 2.63 bits per heavy atom. The Bertz CT molecular complexity index is 1320. The highest BCUT2D eigenvalue weighted by Crippen LogP contribution is 2.37. The molecule has 9 nitrogen and oxygen atoms in total. The zero-order valence-corrected chi connectivity index (χ0v) is 20.6. The highest BCUT2D eigenvalue weighted by Gasteiger charge is 2.45. The van der Waals surface area contributed by atoms with Gasteiger partial charge in [-0.2, -0.15) is 0 Å². The number of fused-ring (bicyclic) bond motifs is 1. The maximum Gasteiger partial charge on any atom is 0.258 e. The summed E-state index contributed by atoms with van der Waals surface area (Å²) in [6.07, 6.45) is -0.660. The number of hydrogen-bond acceptors (Lipinski definition) is 8. The second kappa shape index (κ2) is 10.2. The molecule has 2 aromatic carbocycles. The van der Waals surface area contributed by atoms with E-state index in [4.69, 9.17) is 19.4 Å². The lowest BCUT2D eigenvalue weighted by molar-refractivity contribution is -0.131. The summed E-state index contributed by atoms with van der Waals surface area (Å²) in [7, 11) is 0. The van der Waals surface area contributed by atoms with Gasteiger partial charge in [-0.25, -0.2) is 18.7 Å². The number of rotatable bonds is 8. The molecule has 2 fully saturated rings. The Morgan fingerprint density at radius 1 is 1.08 bits per heavy atom. The molecule has 0 unspecified atom stereocenters. The Labute approximate surface area is 218 Å². The van der Waals surface area contributed by atoms with E-state index in [0.29, 0.717) is 36.5 Å². The molecule has 0 spiro atoms. The minimum absolute atomic E-state index is 0.264. The number of halogens is 2. The molecule has 2 aliphatic heterocycles. The number of hydrogen-bond donors (Lipinski definition) is 4. The number of aromatic nitrogens is 2. The Morgan fingerprint density at radius 2 is 1.87 bits per heavy atom. The summed E-state index contributed by atoms with van der Waals surface area (Å²) in [5.74, 6) is -1.03. The first-order valence-electron chi connectivity index (χ1n) is 12.6. The van der Waals surface area contributed by atoms with Gasteiger partial charge in [0.1, 0.15) is 11.6 Å². The average molecular weight is 523 g/mol. The van der Waals surface area contributed by atoms with E-state index >= 15 is 0 Å². The van der Waals surface area contributed by atoms with Gasteiger partial charge in [-0.1, -0.05) is 24.3 Å². The number of carbonyl (C=O) groups is 1. The van der Waals surface area contributed by atoms with Crippen molar-refractivity contribution in [2.45, 2.75) is 43.9 Å². The monoisotopic (exact) mass is 522 g/mol. The molecule has 0 atom stereocenters. The first-order chi connectivity index (χ1) is 18.4. The van der Waals surface area contributed by atoms with Crippen LogP contribution in [0.4, 0.5) is 20.3 Å². The van der Waals surface area contributed by atoms with E-state index in [1.807, 2.05) is 18.2 Å². The number of hydrazine groups is 1. The summed E-state index contributed by atoms with van der Waals surface area (Å²) in [6, 6.07) is 15.0. The van der Waals surface area contributed by atoms with Gasteiger partial charge in [0.25, 0.3) is 11.8 Å². The number of amides is 1. The van der Waals surface area contributed by atoms with Gasteiger partial charge in [-0.05, 0) is 29.8 Å². The largest absolute Gasteiger partial charge is 0.484 e. The summed E-state index contributed by atoms with van der Waals surface area (Å²) < 4.78 is 37.2. The molecule has 0 radical (unpaired) electrons. The van der Waals surface area contributed by atoms with Crippen LogP contribution in [0, 0.1) is 0 Å². The van der Waals surface area contributed by atoms with Gasteiger partial charge in [0, 0.05) is 54.7 Å². The van der Waals surface area contributed by atoms with E-state index in [-0.39, 0.29) is 19.4 Å². The van der Waals surface area contributed by atoms with Crippen LogP contribution in [-0.4, -0.2) is 47.5 Å². The first-order valence-corrected chi connectivity index (χ1v) is 12.6. The topological polar surface area (TPSA) is 109 Å². The Kier molecular flexibility index (Phi) is 6.64. The van der Waals surface area contributed by atoms with E-state index in [9.17, 15) is 13.6 Å². The summed E-state index contributed by atoms with van der Waals surface area (Å²) >= 11 is 0. The molecule has 1 aromatic heterocycles. The second-order valence-corrected chi connectivity index (χ2v) is 9.86. The highest BCUT2D eigenvalue weighted by molar-refractivity contribution is 5.78. The van der Waals surface area contributed by atoms with E-state index < -0.39 is 17.9 Å². The van der Waals surface area contributed by atoms with Crippen LogP contribution >= 0.6 is 0 Å². The van der Waals surface area contributed by atoms with Crippen molar-refractivity contribution in [1.29, 1.82) is 0 Å². The quantitative estimate of drug-likeness (QED) is 0.357. The van der Waals surface area contributed by atoms with Crippen molar-refractivity contribution in [3.63, 3.8) is 0 Å². The SMILES string of the molecule is O=C(COc1cccc(-c2nc3c(c(Nc4ccc(C5CNNC5)cc4)n2)COC3)c1)NC1CC(F)(F)C1. The van der Waals surface area contributed by atoms with E-state index in [2.05, 4.69) is 33.6 Å². The second-order valence-electron chi connectivity index (χ2n) is 9.86. The highest BCUT2D eigenvalue weighted by atomic mass is 19.3. The van der Waals surface area contributed by atoms with Crippen molar-refractivity contribution in [1.82, 2.24) is 26.1 Å². The number of ether oxygens (including phenoxy) is 2. The molecule has 1 amide bonds. The average Bonchev–Trinajstić information content (AvgIpc) is 3.60. The predicted molar refractivity (Wildman–Crippen MR) is 136 cm³/mol. The predicted octanol–water partition coefficient (Wildman–Crippen LogP) is 3.40. The number of alkyl halides is 2. The van der Waals surface area contributed by atoms with E-state index in [0.717, 1.165) is 35.6 Å². The van der Waals surface area contributed by atoms with Gasteiger partial charge in [0.05, 0.1) is 18.9 Å². The Hall–Kier alpha value is -3.67. The summed E-state index contributed by atoms with van der Waals surface area (Å²) in [6.45, 7) is 2.37. The van der Waals surface area contributed by atoms with Crippen LogP contribution in [0.25, 0.3) is 11.4 Å². The van der Waals surface area contributed by atoms with Gasteiger partial charge < -0.3 is 20.1 Å². The lowest BCUT2D eigenvalue weighted by Crippen LogP contribution is -2.51. The van der Waals surface area contributed by atoms with Crippen molar-refractivity contribution < 1.29 is 23.0 Å². The van der Waals surface area contributed by atoms with Crippen molar-refractivity contribution in [2.24, 2.45) is 0 Å². The molecule has 3 heterocycles. The molecule has 38 heavy (non-hydrogen) atoms. The van der Waals surface area contributed by atoms with Crippen molar-refractivity contribution in [2.75, 3.05) is 25.0 Å². The third-order valence-electron chi connectivity index (χ3n) is 6.96. The molecule has 198 valence electrons. The molecular weight excluding hydrogens is 494 g/mol. The van der Waals surface area contributed by atoms with E-state index in [1.54, 1.807) is 18.2 Å². The smallest absolute Gasteiger partial charge is 0.258 e. The zero-order chi connectivity index (χ0) is 26.1. The molecule has 1 saturated heterocycles. The van der Waals surface area contributed by atoms with Gasteiger partial charge in [-0.15, -0.1) is 0 Å². The molecule has 1 saturated carbocycles. The summed E-state index contributed by atoms with van der Waals surface area (Å²) in [5, 5.41) is 5.99. The minimum Gasteiger partial charge on any atom is -0.484 e. The van der Waals surface area contributed by atoms with Crippen molar-refractivity contribution in [3.05, 3.63) is 65.4 Å². The number of nitrogens with one attached hydrogen (secondary N) is 4. The number of benzene rings is 2. The Balaban J connectivity index is 1.15.